The van der Waals surface area contributed by atoms with Crippen molar-refractivity contribution in [2.45, 2.75) is 117 Å². The molecule has 2 N–H and O–H groups in total. The van der Waals surface area contributed by atoms with E-state index in [1.807, 2.05) is 33.4 Å². The maximum absolute atomic E-state index is 12.5. The van der Waals surface area contributed by atoms with Crippen LogP contribution >= 0.6 is 0 Å². The number of aromatic hydroxyl groups is 2. The van der Waals surface area contributed by atoms with Crippen molar-refractivity contribution in [3.05, 3.63) is 36.4 Å². The highest BCUT2D eigenvalue weighted by Gasteiger charge is 2.19. The minimum absolute atomic E-state index is 0.00470. The molecule has 50 heavy (non-hydrogen) atoms. The zero-order chi connectivity index (χ0) is 35.9. The van der Waals surface area contributed by atoms with Crippen molar-refractivity contribution in [2.75, 3.05) is 14.2 Å². The number of methoxy groups -OCH3 is 2. The van der Waals surface area contributed by atoms with Crippen LogP contribution in [0.25, 0.3) is 21.8 Å². The number of benzene rings is 2. The summed E-state index contributed by atoms with van der Waals surface area (Å²) in [6.45, 7) is 5.56. The van der Waals surface area contributed by atoms with Gasteiger partial charge in [0, 0.05) is 36.7 Å². The number of rotatable bonds is 21. The molecule has 2 aromatic carbocycles. The fourth-order valence-corrected chi connectivity index (χ4v) is 6.12. The Balaban J connectivity index is 1.20. The van der Waals surface area contributed by atoms with Crippen LogP contribution in [0.4, 0.5) is 11.4 Å². The van der Waals surface area contributed by atoms with Crippen LogP contribution in [-0.4, -0.2) is 45.4 Å². The van der Waals surface area contributed by atoms with Gasteiger partial charge in [0.1, 0.15) is 11.5 Å². The molecule has 4 rings (SSSR count). The number of fused-ring (bicyclic) bond motifs is 2. The van der Waals surface area contributed by atoms with E-state index < -0.39 is 0 Å². The molecule has 0 fully saturated rings. The number of hydrogen-bond donors (Lipinski definition) is 2. The van der Waals surface area contributed by atoms with E-state index in [1.165, 1.54) is 0 Å². The first-order chi connectivity index (χ1) is 24.3. The Morgan fingerprint density at radius 1 is 0.600 bits per heavy atom. The molecular weight excluding hydrogens is 636 g/mol. The molecule has 270 valence electrons. The predicted octanol–water partition coefficient (Wildman–Crippen LogP) is 10.4. The van der Waals surface area contributed by atoms with Crippen LogP contribution in [0.5, 0.6) is 23.3 Å². The van der Waals surface area contributed by atoms with Gasteiger partial charge in [0.2, 0.25) is 11.8 Å². The second kappa shape index (κ2) is 19.4. The fraction of sp³-hybridized carbons (Fsp3) is 0.526. The van der Waals surface area contributed by atoms with E-state index in [0.29, 0.717) is 48.2 Å². The van der Waals surface area contributed by atoms with Gasteiger partial charge in [-0.15, -0.1) is 20.5 Å². The zero-order valence-electron chi connectivity index (χ0n) is 30.0. The van der Waals surface area contributed by atoms with E-state index >= 15 is 0 Å². The summed E-state index contributed by atoms with van der Waals surface area (Å²) in [6.07, 6.45) is 11.6. The molecule has 12 nitrogen and oxygen atoms in total. The van der Waals surface area contributed by atoms with E-state index in [9.17, 15) is 19.8 Å². The number of hydrogen-bond acceptors (Lipinski definition) is 8. The van der Waals surface area contributed by atoms with E-state index in [4.69, 9.17) is 9.47 Å². The lowest BCUT2D eigenvalue weighted by atomic mass is 10.1. The largest absolute Gasteiger partial charge is 0.497 e. The monoisotopic (exact) mass is 688 g/mol. The van der Waals surface area contributed by atoms with Crippen molar-refractivity contribution in [1.29, 1.82) is 0 Å². The first kappa shape index (κ1) is 38.1. The summed E-state index contributed by atoms with van der Waals surface area (Å²) in [5.41, 5.74) is 2.22. The van der Waals surface area contributed by atoms with Crippen LogP contribution in [0.2, 0.25) is 0 Å². The van der Waals surface area contributed by atoms with Gasteiger partial charge in [-0.2, -0.15) is 0 Å². The third-order valence-electron chi connectivity index (χ3n) is 8.96. The lowest BCUT2D eigenvalue weighted by molar-refractivity contribution is -0.119. The van der Waals surface area contributed by atoms with Crippen molar-refractivity contribution in [1.82, 2.24) is 9.13 Å². The number of nitrogens with zero attached hydrogens (tertiary/aromatic N) is 6. The number of azo groups is 2. The normalized spacial score (nSPS) is 11.8. The number of amides is 2. The lowest BCUT2D eigenvalue weighted by Crippen LogP contribution is -1.97. The molecule has 0 aliphatic carbocycles. The average molecular weight is 689 g/mol. The third-order valence-corrected chi connectivity index (χ3v) is 8.96. The number of ether oxygens (including phenoxy) is 2. The van der Waals surface area contributed by atoms with Gasteiger partial charge >= 0.3 is 0 Å². The number of carbonyl (C=O) groups is 2. The van der Waals surface area contributed by atoms with Gasteiger partial charge in [-0.25, -0.2) is 0 Å². The molecule has 0 aliphatic heterocycles. The summed E-state index contributed by atoms with van der Waals surface area (Å²) in [4.78, 5) is 25.0. The lowest BCUT2D eigenvalue weighted by Gasteiger charge is -2.06. The molecule has 0 bridgehead atoms. The molecule has 0 unspecified atom stereocenters. The molecule has 0 saturated carbocycles. The van der Waals surface area contributed by atoms with Gasteiger partial charge in [-0.3, -0.25) is 9.59 Å². The number of carbonyl (C=O) groups excluding carboxylic acids is 2. The number of unbranched alkanes of at least 4 members (excludes halogenated alkanes) is 9. The highest BCUT2D eigenvalue weighted by Crippen LogP contribution is 2.42. The third kappa shape index (κ3) is 9.92. The fourth-order valence-electron chi connectivity index (χ4n) is 6.12. The Morgan fingerprint density at radius 3 is 1.38 bits per heavy atom. The first-order valence-electron chi connectivity index (χ1n) is 18.0. The summed E-state index contributed by atoms with van der Waals surface area (Å²) < 4.78 is 14.4. The summed E-state index contributed by atoms with van der Waals surface area (Å²) in [5, 5.41) is 39.4. The van der Waals surface area contributed by atoms with Gasteiger partial charge in [0.05, 0.1) is 25.3 Å². The minimum atomic E-state index is -0.330. The summed E-state index contributed by atoms with van der Waals surface area (Å²) in [6, 6.07) is 11.1. The van der Waals surface area contributed by atoms with Crippen LogP contribution < -0.4 is 9.47 Å². The summed E-state index contributed by atoms with van der Waals surface area (Å²) >= 11 is 0. The van der Waals surface area contributed by atoms with Gasteiger partial charge in [0.25, 0.3) is 11.8 Å². The summed E-state index contributed by atoms with van der Waals surface area (Å²) in [7, 11) is 3.16. The molecule has 2 aromatic heterocycles. The van der Waals surface area contributed by atoms with E-state index in [1.54, 1.807) is 26.4 Å². The van der Waals surface area contributed by atoms with Gasteiger partial charge in [0.15, 0.2) is 11.4 Å². The molecule has 2 amide bonds. The molecule has 12 heteroatoms. The van der Waals surface area contributed by atoms with Crippen LogP contribution in [0.15, 0.2) is 56.9 Å². The Morgan fingerprint density at radius 2 is 1.00 bits per heavy atom. The zero-order valence-corrected chi connectivity index (χ0v) is 30.0. The van der Waals surface area contributed by atoms with Crippen molar-refractivity contribution >= 4 is 45.0 Å². The van der Waals surface area contributed by atoms with Crippen LogP contribution in [-0.2, 0) is 22.7 Å². The predicted molar refractivity (Wildman–Crippen MR) is 195 cm³/mol. The van der Waals surface area contributed by atoms with Crippen molar-refractivity contribution < 1.29 is 29.3 Å². The first-order valence-corrected chi connectivity index (χ1v) is 18.0. The molecule has 4 aromatic rings. The van der Waals surface area contributed by atoms with E-state index in [2.05, 4.69) is 34.3 Å². The quantitative estimate of drug-likeness (QED) is 0.0656. The van der Waals surface area contributed by atoms with Crippen molar-refractivity contribution in [2.24, 2.45) is 20.5 Å². The molecule has 0 spiro atoms. The number of aryl methyl sites for hydroxylation is 2. The topological polar surface area (TPSA) is 152 Å². The van der Waals surface area contributed by atoms with Crippen molar-refractivity contribution in [3.63, 3.8) is 0 Å². The maximum Gasteiger partial charge on any atom is 0.264 e. The summed E-state index contributed by atoms with van der Waals surface area (Å²) in [5.74, 6) is 0.625. The highest BCUT2D eigenvalue weighted by molar-refractivity contribution is 5.97. The Kier molecular flexibility index (Phi) is 14.8. The van der Waals surface area contributed by atoms with Crippen LogP contribution in [0, 0.1) is 0 Å². The second-order valence-corrected chi connectivity index (χ2v) is 12.6. The molecular formula is C38H52N6O6. The van der Waals surface area contributed by atoms with Gasteiger partial charge < -0.3 is 28.8 Å². The van der Waals surface area contributed by atoms with E-state index in [-0.39, 0.29) is 47.8 Å². The Labute approximate surface area is 294 Å². The average Bonchev–Trinajstić information content (AvgIpc) is 3.54. The molecule has 2 heterocycles. The second-order valence-electron chi connectivity index (χ2n) is 12.6. The van der Waals surface area contributed by atoms with E-state index in [0.717, 1.165) is 75.2 Å². The molecule has 0 saturated heterocycles. The van der Waals surface area contributed by atoms with Gasteiger partial charge in [-0.05, 0) is 62.1 Å². The maximum atomic E-state index is 12.5. The molecule has 0 radical (unpaired) electrons. The smallest absolute Gasteiger partial charge is 0.264 e. The highest BCUT2D eigenvalue weighted by atomic mass is 16.5. The van der Waals surface area contributed by atoms with Crippen molar-refractivity contribution in [3.8, 4) is 23.3 Å². The SMILES string of the molecule is CCCCCn1c(O)c(N=NC(=O)CCCCCCCCC(=O)N=Nc2c(O)n(CCCCC)c3ccc(OC)cc23)c2cc(OC)ccc21. The standard InChI is InChI=1S/C38H52N6O6/c1-5-7-15-23-43-31-21-19-27(49-3)25-29(31)35(37(43)47)41-39-33(45)17-13-11-9-10-12-14-18-34(46)40-42-36-30-26-28(50-4)20-22-32(30)44(38(36)48)24-16-8-6-2/h19-22,25-26,47-48H,5-18,23-24H2,1-4H3. The Hall–Kier alpha value is -4.74. The minimum Gasteiger partial charge on any atom is -0.497 e. The number of aromatic nitrogens is 2. The molecule has 0 aliphatic rings. The van der Waals surface area contributed by atoms with Crippen LogP contribution in [0.1, 0.15) is 104 Å². The van der Waals surface area contributed by atoms with Crippen LogP contribution in [0.3, 0.4) is 0 Å². The molecule has 0 atom stereocenters. The Bertz CT molecular complexity index is 1660. The van der Waals surface area contributed by atoms with Gasteiger partial charge in [-0.1, -0.05) is 65.2 Å².